The third-order valence-electron chi connectivity index (χ3n) is 1.51. The summed E-state index contributed by atoms with van der Waals surface area (Å²) < 4.78 is 6.69. The second kappa shape index (κ2) is 5.54. The van der Waals surface area contributed by atoms with Crippen LogP contribution in [0, 0.1) is 3.57 Å². The molecule has 0 bridgehead atoms. The fourth-order valence-electron chi connectivity index (χ4n) is 0.961. The van der Waals surface area contributed by atoms with Crippen molar-refractivity contribution in [3.05, 3.63) is 33.4 Å². The largest absolute Gasteiger partial charge is 0.377 e. The molecule has 0 saturated heterocycles. The van der Waals surface area contributed by atoms with E-state index < -0.39 is 0 Å². The minimum Gasteiger partial charge on any atom is -0.377 e. The summed E-state index contributed by atoms with van der Waals surface area (Å²) in [6.07, 6.45) is 1.09. The first-order valence-corrected chi connectivity index (χ1v) is 5.23. The average Bonchev–Trinajstić information content (AvgIpc) is 2.05. The SMILES string of the molecule is CCCOCc1cccc(I)c1. The van der Waals surface area contributed by atoms with Gasteiger partial charge >= 0.3 is 0 Å². The summed E-state index contributed by atoms with van der Waals surface area (Å²) in [5.74, 6) is 0. The summed E-state index contributed by atoms with van der Waals surface area (Å²) in [6, 6.07) is 8.39. The lowest BCUT2D eigenvalue weighted by Gasteiger charge is -2.02. The quantitative estimate of drug-likeness (QED) is 0.606. The van der Waals surface area contributed by atoms with Gasteiger partial charge in [0, 0.05) is 10.2 Å². The second-order valence-corrected chi connectivity index (χ2v) is 3.93. The maximum Gasteiger partial charge on any atom is 0.0717 e. The fourth-order valence-corrected chi connectivity index (χ4v) is 1.57. The molecular weight excluding hydrogens is 263 g/mol. The molecule has 66 valence electrons. The van der Waals surface area contributed by atoms with Gasteiger partial charge in [-0.3, -0.25) is 0 Å². The Kier molecular flexibility index (Phi) is 4.61. The Hall–Kier alpha value is -0.0900. The van der Waals surface area contributed by atoms with Gasteiger partial charge in [-0.25, -0.2) is 0 Å². The Labute approximate surface area is 87.3 Å². The van der Waals surface area contributed by atoms with Gasteiger partial charge in [-0.15, -0.1) is 0 Å². The lowest BCUT2D eigenvalue weighted by molar-refractivity contribution is 0.121. The summed E-state index contributed by atoms with van der Waals surface area (Å²) in [4.78, 5) is 0. The molecule has 0 aliphatic heterocycles. The fraction of sp³-hybridized carbons (Fsp3) is 0.400. The van der Waals surface area contributed by atoms with Crippen molar-refractivity contribution in [3.63, 3.8) is 0 Å². The highest BCUT2D eigenvalue weighted by atomic mass is 127. The molecule has 0 aliphatic carbocycles. The van der Waals surface area contributed by atoms with Crippen molar-refractivity contribution in [2.75, 3.05) is 6.61 Å². The Morgan fingerprint density at radius 3 is 2.92 bits per heavy atom. The van der Waals surface area contributed by atoms with E-state index in [1.165, 1.54) is 9.13 Å². The van der Waals surface area contributed by atoms with Gasteiger partial charge < -0.3 is 4.74 Å². The molecule has 0 atom stereocenters. The third-order valence-corrected chi connectivity index (χ3v) is 2.18. The Balaban J connectivity index is 2.41. The van der Waals surface area contributed by atoms with Gasteiger partial charge in [0.25, 0.3) is 0 Å². The van der Waals surface area contributed by atoms with E-state index >= 15 is 0 Å². The highest BCUT2D eigenvalue weighted by molar-refractivity contribution is 14.1. The van der Waals surface area contributed by atoms with Crippen molar-refractivity contribution in [1.29, 1.82) is 0 Å². The zero-order valence-electron chi connectivity index (χ0n) is 7.22. The van der Waals surface area contributed by atoms with Gasteiger partial charge in [-0.2, -0.15) is 0 Å². The van der Waals surface area contributed by atoms with E-state index in [-0.39, 0.29) is 0 Å². The van der Waals surface area contributed by atoms with Crippen LogP contribution < -0.4 is 0 Å². The Bertz CT molecular complexity index is 235. The predicted octanol–water partition coefficient (Wildman–Crippen LogP) is 3.22. The monoisotopic (exact) mass is 276 g/mol. The number of rotatable bonds is 4. The van der Waals surface area contributed by atoms with E-state index in [0.717, 1.165) is 19.6 Å². The lowest BCUT2D eigenvalue weighted by atomic mass is 10.2. The van der Waals surface area contributed by atoms with Crippen LogP contribution in [0.25, 0.3) is 0 Å². The number of benzene rings is 1. The molecule has 1 aromatic rings. The van der Waals surface area contributed by atoms with Crippen LogP contribution in [0.15, 0.2) is 24.3 Å². The first kappa shape index (κ1) is 9.99. The van der Waals surface area contributed by atoms with Crippen molar-refractivity contribution < 1.29 is 4.74 Å². The van der Waals surface area contributed by atoms with Crippen molar-refractivity contribution in [2.24, 2.45) is 0 Å². The Morgan fingerprint density at radius 1 is 1.42 bits per heavy atom. The molecule has 0 N–H and O–H groups in total. The minimum atomic E-state index is 0.741. The van der Waals surface area contributed by atoms with Crippen LogP contribution in [0.3, 0.4) is 0 Å². The van der Waals surface area contributed by atoms with Gasteiger partial charge in [-0.05, 0) is 46.7 Å². The molecule has 0 unspecified atom stereocenters. The van der Waals surface area contributed by atoms with Crippen LogP contribution in [0.1, 0.15) is 18.9 Å². The van der Waals surface area contributed by atoms with E-state index in [1.54, 1.807) is 0 Å². The molecular formula is C10H13IO. The summed E-state index contributed by atoms with van der Waals surface area (Å²) in [5, 5.41) is 0. The van der Waals surface area contributed by atoms with Crippen molar-refractivity contribution >= 4 is 22.6 Å². The van der Waals surface area contributed by atoms with Gasteiger partial charge in [0.1, 0.15) is 0 Å². The van der Waals surface area contributed by atoms with Crippen molar-refractivity contribution in [2.45, 2.75) is 20.0 Å². The van der Waals surface area contributed by atoms with Gasteiger partial charge in [0.2, 0.25) is 0 Å². The van der Waals surface area contributed by atoms with Crippen LogP contribution in [0.4, 0.5) is 0 Å². The van der Waals surface area contributed by atoms with Gasteiger partial charge in [0.15, 0.2) is 0 Å². The first-order valence-electron chi connectivity index (χ1n) is 4.15. The maximum atomic E-state index is 5.42. The number of ether oxygens (including phenoxy) is 1. The molecule has 1 nitrogen and oxygen atoms in total. The first-order chi connectivity index (χ1) is 5.83. The van der Waals surface area contributed by atoms with E-state index in [2.05, 4.69) is 53.8 Å². The number of hydrogen-bond donors (Lipinski definition) is 0. The molecule has 1 aromatic carbocycles. The molecule has 0 fully saturated rings. The summed E-state index contributed by atoms with van der Waals surface area (Å²) in [6.45, 7) is 3.71. The van der Waals surface area contributed by atoms with Crippen LogP contribution in [-0.2, 0) is 11.3 Å². The van der Waals surface area contributed by atoms with Crippen LogP contribution >= 0.6 is 22.6 Å². The topological polar surface area (TPSA) is 9.23 Å². The molecule has 0 spiro atoms. The average molecular weight is 276 g/mol. The van der Waals surface area contributed by atoms with Gasteiger partial charge in [-0.1, -0.05) is 19.1 Å². The summed E-state index contributed by atoms with van der Waals surface area (Å²) >= 11 is 2.31. The molecule has 0 heterocycles. The molecule has 0 radical (unpaired) electrons. The van der Waals surface area contributed by atoms with Crippen LogP contribution in [-0.4, -0.2) is 6.61 Å². The van der Waals surface area contributed by atoms with E-state index in [4.69, 9.17) is 4.74 Å². The van der Waals surface area contributed by atoms with E-state index in [9.17, 15) is 0 Å². The normalized spacial score (nSPS) is 10.2. The second-order valence-electron chi connectivity index (χ2n) is 2.68. The highest BCUT2D eigenvalue weighted by Gasteiger charge is 1.92. The van der Waals surface area contributed by atoms with Crippen molar-refractivity contribution in [1.82, 2.24) is 0 Å². The molecule has 0 aromatic heterocycles. The third kappa shape index (κ3) is 3.54. The molecule has 0 aliphatic rings. The highest BCUT2D eigenvalue weighted by Crippen LogP contribution is 2.08. The van der Waals surface area contributed by atoms with Crippen LogP contribution in [0.2, 0.25) is 0 Å². The zero-order chi connectivity index (χ0) is 8.81. The van der Waals surface area contributed by atoms with Crippen molar-refractivity contribution in [3.8, 4) is 0 Å². The molecule has 2 heteroatoms. The van der Waals surface area contributed by atoms with E-state index in [0.29, 0.717) is 0 Å². The lowest BCUT2D eigenvalue weighted by Crippen LogP contribution is -1.93. The smallest absolute Gasteiger partial charge is 0.0717 e. The minimum absolute atomic E-state index is 0.741. The number of halogens is 1. The molecule has 12 heavy (non-hydrogen) atoms. The maximum absolute atomic E-state index is 5.42. The summed E-state index contributed by atoms with van der Waals surface area (Å²) in [7, 11) is 0. The molecule has 0 amide bonds. The zero-order valence-corrected chi connectivity index (χ0v) is 9.37. The van der Waals surface area contributed by atoms with E-state index in [1.807, 2.05) is 0 Å². The molecule has 0 saturated carbocycles. The predicted molar refractivity (Wildman–Crippen MR) is 59.1 cm³/mol. The number of hydrogen-bond acceptors (Lipinski definition) is 1. The van der Waals surface area contributed by atoms with Crippen LogP contribution in [0.5, 0.6) is 0 Å². The summed E-state index contributed by atoms with van der Waals surface area (Å²) in [5.41, 5.74) is 1.26. The Morgan fingerprint density at radius 2 is 2.25 bits per heavy atom. The molecule has 1 rings (SSSR count). The van der Waals surface area contributed by atoms with Gasteiger partial charge in [0.05, 0.1) is 6.61 Å². The standard InChI is InChI=1S/C10H13IO/c1-2-6-12-8-9-4-3-5-10(11)7-9/h3-5,7H,2,6,8H2,1H3.